The van der Waals surface area contributed by atoms with E-state index in [0.717, 1.165) is 27.3 Å². The van der Waals surface area contributed by atoms with Crippen molar-refractivity contribution >= 4 is 21.8 Å². The molecule has 0 spiro atoms. The van der Waals surface area contributed by atoms with Gasteiger partial charge in [0.2, 0.25) is 10.0 Å². The highest BCUT2D eigenvalue weighted by molar-refractivity contribution is 7.98. The summed E-state index contributed by atoms with van der Waals surface area (Å²) in [6.07, 6.45) is 5.16. The Labute approximate surface area is 177 Å². The third-order valence-corrected chi connectivity index (χ3v) is 6.35. The number of primary sulfonamides is 1. The lowest BCUT2D eigenvalue weighted by Crippen LogP contribution is -2.11. The topological polar surface area (TPSA) is 102 Å². The van der Waals surface area contributed by atoms with Crippen molar-refractivity contribution in [1.29, 1.82) is 0 Å². The number of aromatic nitrogens is 3. The lowest BCUT2D eigenvalue weighted by atomic mass is 10.0. The number of rotatable bonds is 6. The van der Waals surface area contributed by atoms with E-state index < -0.39 is 10.0 Å². The fraction of sp³-hybridized carbons (Fsp3) is 0.0476. The SMILES string of the molecule is NS(=O)(=O)c1ccc(CSc2cc(-c3ncc[nH]3)c(-c3ccc(F)cc3)cn2)cc1. The minimum absolute atomic E-state index is 0.0816. The minimum atomic E-state index is -3.70. The predicted octanol–water partition coefficient (Wildman–Crippen LogP) is 4.22. The second-order valence-corrected chi connectivity index (χ2v) is 9.05. The van der Waals surface area contributed by atoms with E-state index in [1.165, 1.54) is 36.0 Å². The number of nitrogens with zero attached hydrogens (tertiary/aromatic N) is 2. The molecular weight excluding hydrogens is 423 g/mol. The number of nitrogens with one attached hydrogen (secondary N) is 1. The fourth-order valence-corrected chi connectivity index (χ4v) is 4.27. The number of hydrogen-bond acceptors (Lipinski definition) is 5. The van der Waals surface area contributed by atoms with Crippen LogP contribution in [0, 0.1) is 5.82 Å². The summed E-state index contributed by atoms with van der Waals surface area (Å²) in [4.78, 5) is 12.1. The molecule has 0 saturated carbocycles. The summed E-state index contributed by atoms with van der Waals surface area (Å²) in [6, 6.07) is 14.6. The number of H-pyrrole nitrogens is 1. The Hall–Kier alpha value is -3.01. The van der Waals surface area contributed by atoms with Crippen LogP contribution >= 0.6 is 11.8 Å². The van der Waals surface area contributed by atoms with Gasteiger partial charge in [-0.2, -0.15) is 0 Å². The molecule has 0 saturated heterocycles. The number of sulfonamides is 1. The van der Waals surface area contributed by atoms with Gasteiger partial charge in [0.15, 0.2) is 0 Å². The van der Waals surface area contributed by atoms with Gasteiger partial charge in [0.25, 0.3) is 0 Å². The van der Waals surface area contributed by atoms with Crippen molar-refractivity contribution < 1.29 is 12.8 Å². The molecule has 0 fully saturated rings. The first-order valence-electron chi connectivity index (χ1n) is 8.90. The van der Waals surface area contributed by atoms with E-state index in [0.29, 0.717) is 11.6 Å². The van der Waals surface area contributed by atoms with Gasteiger partial charge in [0.05, 0.1) is 9.92 Å². The number of halogens is 1. The Kier molecular flexibility index (Phi) is 5.67. The van der Waals surface area contributed by atoms with Crippen LogP contribution in [0.15, 0.2) is 83.1 Å². The van der Waals surface area contributed by atoms with Gasteiger partial charge in [0.1, 0.15) is 11.6 Å². The lowest BCUT2D eigenvalue weighted by molar-refractivity contribution is 0.598. The molecule has 0 unspecified atom stereocenters. The fourth-order valence-electron chi connectivity index (χ4n) is 2.92. The van der Waals surface area contributed by atoms with Crippen LogP contribution in [0.3, 0.4) is 0 Å². The number of nitrogens with two attached hydrogens (primary N) is 1. The van der Waals surface area contributed by atoms with E-state index >= 15 is 0 Å². The van der Waals surface area contributed by atoms with E-state index in [4.69, 9.17) is 5.14 Å². The van der Waals surface area contributed by atoms with Gasteiger partial charge < -0.3 is 4.98 Å². The third-order valence-electron chi connectivity index (χ3n) is 4.43. The number of pyridine rings is 1. The second-order valence-electron chi connectivity index (χ2n) is 6.49. The van der Waals surface area contributed by atoms with Crippen molar-refractivity contribution in [1.82, 2.24) is 15.0 Å². The molecule has 2 aromatic carbocycles. The summed E-state index contributed by atoms with van der Waals surface area (Å²) >= 11 is 1.51. The molecule has 4 aromatic rings. The zero-order valence-electron chi connectivity index (χ0n) is 15.6. The van der Waals surface area contributed by atoms with Crippen LogP contribution in [0.1, 0.15) is 5.56 Å². The Morgan fingerprint density at radius 3 is 2.37 bits per heavy atom. The maximum Gasteiger partial charge on any atom is 0.238 e. The third kappa shape index (κ3) is 4.59. The van der Waals surface area contributed by atoms with Crippen molar-refractivity contribution in [3.8, 4) is 22.5 Å². The molecule has 0 amide bonds. The van der Waals surface area contributed by atoms with E-state index in [-0.39, 0.29) is 10.7 Å². The van der Waals surface area contributed by atoms with Crippen molar-refractivity contribution in [2.75, 3.05) is 0 Å². The van der Waals surface area contributed by atoms with Crippen LogP contribution in [0.4, 0.5) is 4.39 Å². The maximum absolute atomic E-state index is 13.3. The molecule has 0 atom stereocenters. The van der Waals surface area contributed by atoms with E-state index in [1.807, 2.05) is 6.07 Å². The van der Waals surface area contributed by atoms with Crippen molar-refractivity contribution in [3.05, 3.63) is 84.6 Å². The summed E-state index contributed by atoms with van der Waals surface area (Å²) in [5.41, 5.74) is 3.47. The molecular formula is C21H17FN4O2S2. The highest BCUT2D eigenvalue weighted by Gasteiger charge is 2.13. The maximum atomic E-state index is 13.3. The summed E-state index contributed by atoms with van der Waals surface area (Å²) < 4.78 is 36.1. The molecule has 30 heavy (non-hydrogen) atoms. The van der Waals surface area contributed by atoms with E-state index in [2.05, 4.69) is 15.0 Å². The minimum Gasteiger partial charge on any atom is -0.345 e. The summed E-state index contributed by atoms with van der Waals surface area (Å²) in [6.45, 7) is 0. The molecule has 2 aromatic heterocycles. The molecule has 0 aliphatic carbocycles. The quantitative estimate of drug-likeness (QED) is 0.437. The van der Waals surface area contributed by atoms with Crippen LogP contribution in [-0.4, -0.2) is 23.4 Å². The largest absolute Gasteiger partial charge is 0.345 e. The first-order valence-corrected chi connectivity index (χ1v) is 11.4. The highest BCUT2D eigenvalue weighted by Crippen LogP contribution is 2.33. The van der Waals surface area contributed by atoms with Crippen LogP contribution < -0.4 is 5.14 Å². The van der Waals surface area contributed by atoms with Crippen molar-refractivity contribution in [3.63, 3.8) is 0 Å². The molecule has 0 radical (unpaired) electrons. The highest BCUT2D eigenvalue weighted by atomic mass is 32.2. The first-order chi connectivity index (χ1) is 14.4. The summed E-state index contributed by atoms with van der Waals surface area (Å²) in [5, 5.41) is 5.91. The standard InChI is InChI=1S/C21H17FN4O2S2/c22-16-5-3-15(4-6-16)19-12-26-20(11-18(19)21-24-9-10-25-21)29-13-14-1-7-17(8-2-14)30(23,27)28/h1-12H,13H2,(H,24,25)(H2,23,27,28). The predicted molar refractivity (Wildman–Crippen MR) is 115 cm³/mol. The molecule has 4 rings (SSSR count). The summed E-state index contributed by atoms with van der Waals surface area (Å²) in [7, 11) is -3.70. The smallest absolute Gasteiger partial charge is 0.238 e. The van der Waals surface area contributed by atoms with Crippen LogP contribution in [0.2, 0.25) is 0 Å². The normalized spacial score (nSPS) is 11.5. The van der Waals surface area contributed by atoms with Crippen LogP contribution in [0.25, 0.3) is 22.5 Å². The monoisotopic (exact) mass is 440 g/mol. The zero-order chi connectivity index (χ0) is 21.1. The number of aromatic amines is 1. The Morgan fingerprint density at radius 2 is 1.73 bits per heavy atom. The van der Waals surface area contributed by atoms with Crippen molar-refractivity contribution in [2.24, 2.45) is 5.14 Å². The Bertz CT molecular complexity index is 1260. The molecule has 0 aliphatic rings. The lowest BCUT2D eigenvalue weighted by Gasteiger charge is -2.10. The Balaban J connectivity index is 1.60. The number of hydrogen-bond donors (Lipinski definition) is 2. The Morgan fingerprint density at radius 1 is 1.00 bits per heavy atom. The average Bonchev–Trinajstić information content (AvgIpc) is 3.27. The summed E-state index contributed by atoms with van der Waals surface area (Å²) in [5.74, 6) is 0.994. The van der Waals surface area contributed by atoms with Crippen molar-refractivity contribution in [2.45, 2.75) is 15.7 Å². The molecule has 152 valence electrons. The van der Waals surface area contributed by atoms with Gasteiger partial charge in [0, 0.05) is 35.5 Å². The molecule has 0 aliphatic heterocycles. The van der Waals surface area contributed by atoms with Gasteiger partial charge in [-0.15, -0.1) is 11.8 Å². The number of benzene rings is 2. The molecule has 6 nitrogen and oxygen atoms in total. The molecule has 2 heterocycles. The van der Waals surface area contributed by atoms with Crippen LogP contribution in [0.5, 0.6) is 0 Å². The molecule has 9 heteroatoms. The van der Waals surface area contributed by atoms with Gasteiger partial charge in [-0.05, 0) is 41.5 Å². The number of thioether (sulfide) groups is 1. The van der Waals surface area contributed by atoms with Gasteiger partial charge in [-0.3, -0.25) is 0 Å². The zero-order valence-corrected chi connectivity index (χ0v) is 17.3. The van der Waals surface area contributed by atoms with E-state index in [1.54, 1.807) is 42.9 Å². The first kappa shape index (κ1) is 20.3. The van der Waals surface area contributed by atoms with E-state index in [9.17, 15) is 12.8 Å². The van der Waals surface area contributed by atoms with Gasteiger partial charge >= 0.3 is 0 Å². The average molecular weight is 441 g/mol. The van der Waals surface area contributed by atoms with Crippen LogP contribution in [-0.2, 0) is 15.8 Å². The molecule has 0 bridgehead atoms. The van der Waals surface area contributed by atoms with Gasteiger partial charge in [-0.25, -0.2) is 27.9 Å². The number of imidazole rings is 1. The second kappa shape index (κ2) is 8.39. The molecule has 3 N–H and O–H groups in total. The van der Waals surface area contributed by atoms with Gasteiger partial charge in [-0.1, -0.05) is 24.3 Å².